The first kappa shape index (κ1) is 22.4. The molecule has 4 rings (SSSR count). The van der Waals surface area contributed by atoms with Gasteiger partial charge in [0.2, 0.25) is 0 Å². The first-order valence-electron chi connectivity index (χ1n) is 11.1. The van der Waals surface area contributed by atoms with E-state index in [1.165, 1.54) is 12.4 Å². The molecule has 1 N–H and O–H groups in total. The summed E-state index contributed by atoms with van der Waals surface area (Å²) >= 11 is 0. The standard InChI is InChI=1S/C25H27N5O3/c1-3-26-23(31)22-21-10-12-29(24(32)19-13-27-17(2)28-14-19)15-20(21)16-30(25(22)33)11-9-18-7-5-4-6-8-18/h4-8,13-14,16H,3,9-12,15H2,1-2H3,(H,26,31). The predicted molar refractivity (Wildman–Crippen MR) is 124 cm³/mol. The summed E-state index contributed by atoms with van der Waals surface area (Å²) in [5, 5.41) is 2.77. The van der Waals surface area contributed by atoms with Crippen LogP contribution in [0.1, 0.15) is 50.2 Å². The molecule has 0 atom stereocenters. The monoisotopic (exact) mass is 445 g/mol. The van der Waals surface area contributed by atoms with Crippen LogP contribution < -0.4 is 10.9 Å². The third-order valence-electron chi connectivity index (χ3n) is 5.83. The second kappa shape index (κ2) is 9.77. The lowest BCUT2D eigenvalue weighted by molar-refractivity contribution is 0.0733. The van der Waals surface area contributed by atoms with Crippen LogP contribution in [0.4, 0.5) is 0 Å². The average molecular weight is 446 g/mol. The van der Waals surface area contributed by atoms with E-state index in [2.05, 4.69) is 15.3 Å². The van der Waals surface area contributed by atoms with Crippen molar-refractivity contribution >= 4 is 11.8 Å². The number of carbonyl (C=O) groups is 2. The maximum absolute atomic E-state index is 13.3. The van der Waals surface area contributed by atoms with Gasteiger partial charge in [-0.3, -0.25) is 14.4 Å². The molecule has 33 heavy (non-hydrogen) atoms. The van der Waals surface area contributed by atoms with Gasteiger partial charge < -0.3 is 14.8 Å². The van der Waals surface area contributed by atoms with Crippen molar-refractivity contribution < 1.29 is 9.59 Å². The fourth-order valence-electron chi connectivity index (χ4n) is 4.11. The third-order valence-corrected chi connectivity index (χ3v) is 5.83. The number of aryl methyl sites for hydroxylation is 3. The van der Waals surface area contributed by atoms with E-state index in [0.29, 0.717) is 50.4 Å². The maximum Gasteiger partial charge on any atom is 0.263 e. The largest absolute Gasteiger partial charge is 0.352 e. The van der Waals surface area contributed by atoms with Gasteiger partial charge in [-0.25, -0.2) is 9.97 Å². The Balaban J connectivity index is 1.66. The van der Waals surface area contributed by atoms with Crippen LogP contribution in [0.3, 0.4) is 0 Å². The Morgan fingerprint density at radius 2 is 1.85 bits per heavy atom. The summed E-state index contributed by atoms with van der Waals surface area (Å²) in [5.41, 5.74) is 2.97. The number of pyridine rings is 1. The van der Waals surface area contributed by atoms with Crippen molar-refractivity contribution in [3.8, 4) is 0 Å². The lowest BCUT2D eigenvalue weighted by Crippen LogP contribution is -2.41. The maximum atomic E-state index is 13.3. The lowest BCUT2D eigenvalue weighted by atomic mass is 9.95. The Kier molecular flexibility index (Phi) is 6.63. The molecule has 0 bridgehead atoms. The SMILES string of the molecule is CCNC(=O)c1c2c(cn(CCc3ccccc3)c1=O)CN(C(=O)c1cnc(C)nc1)CC2. The second-order valence-corrected chi connectivity index (χ2v) is 8.10. The van der Waals surface area contributed by atoms with Gasteiger partial charge in [0, 0.05) is 44.8 Å². The number of amides is 2. The quantitative estimate of drug-likeness (QED) is 0.627. The van der Waals surface area contributed by atoms with Crippen LogP contribution in [0.2, 0.25) is 0 Å². The predicted octanol–water partition coefficient (Wildman–Crippen LogP) is 2.14. The Bertz CT molecular complexity index is 1220. The summed E-state index contributed by atoms with van der Waals surface area (Å²) < 4.78 is 1.60. The molecule has 170 valence electrons. The number of fused-ring (bicyclic) bond motifs is 1. The number of nitrogens with one attached hydrogen (secondary N) is 1. The molecule has 1 aliphatic rings. The zero-order valence-corrected chi connectivity index (χ0v) is 18.9. The molecule has 1 aromatic carbocycles. The van der Waals surface area contributed by atoms with Crippen LogP contribution in [0.15, 0.2) is 53.7 Å². The zero-order chi connectivity index (χ0) is 23.4. The summed E-state index contributed by atoms with van der Waals surface area (Å²) in [5.74, 6) is 0.0753. The molecule has 0 fully saturated rings. The van der Waals surface area contributed by atoms with E-state index in [1.54, 1.807) is 22.6 Å². The van der Waals surface area contributed by atoms with E-state index in [-0.39, 0.29) is 22.9 Å². The van der Waals surface area contributed by atoms with Gasteiger partial charge in [-0.05, 0) is 43.4 Å². The van der Waals surface area contributed by atoms with Crippen LogP contribution in [0.25, 0.3) is 0 Å². The van der Waals surface area contributed by atoms with E-state index < -0.39 is 0 Å². The number of hydrogen-bond acceptors (Lipinski definition) is 5. The van der Waals surface area contributed by atoms with Crippen molar-refractivity contribution in [2.45, 2.75) is 39.8 Å². The summed E-state index contributed by atoms with van der Waals surface area (Å²) in [6.45, 7) is 5.21. The molecule has 0 saturated heterocycles. The Labute approximate surface area is 192 Å². The zero-order valence-electron chi connectivity index (χ0n) is 18.9. The number of carbonyl (C=O) groups excluding carboxylic acids is 2. The van der Waals surface area contributed by atoms with E-state index in [4.69, 9.17) is 0 Å². The van der Waals surface area contributed by atoms with Gasteiger partial charge in [0.25, 0.3) is 17.4 Å². The number of rotatable bonds is 6. The normalized spacial score (nSPS) is 12.8. The Morgan fingerprint density at radius 1 is 1.12 bits per heavy atom. The molecule has 0 aliphatic carbocycles. The smallest absolute Gasteiger partial charge is 0.263 e. The summed E-state index contributed by atoms with van der Waals surface area (Å²) in [6.07, 6.45) is 5.96. The van der Waals surface area contributed by atoms with Crippen molar-refractivity contribution in [2.24, 2.45) is 0 Å². The Morgan fingerprint density at radius 3 is 2.55 bits per heavy atom. The second-order valence-electron chi connectivity index (χ2n) is 8.10. The van der Waals surface area contributed by atoms with Gasteiger partial charge >= 0.3 is 0 Å². The minimum atomic E-state index is -0.362. The van der Waals surface area contributed by atoms with Crippen molar-refractivity contribution in [1.82, 2.24) is 24.8 Å². The van der Waals surface area contributed by atoms with Gasteiger partial charge in [0.1, 0.15) is 11.4 Å². The molecule has 8 heteroatoms. The van der Waals surface area contributed by atoms with Gasteiger partial charge in [0.15, 0.2) is 0 Å². The van der Waals surface area contributed by atoms with Gasteiger partial charge in [0.05, 0.1) is 5.56 Å². The first-order chi connectivity index (χ1) is 16.0. The van der Waals surface area contributed by atoms with Gasteiger partial charge in [-0.2, -0.15) is 0 Å². The molecule has 0 saturated carbocycles. The topological polar surface area (TPSA) is 97.2 Å². The summed E-state index contributed by atoms with van der Waals surface area (Å²) in [4.78, 5) is 49.0. The molecule has 0 radical (unpaired) electrons. The highest BCUT2D eigenvalue weighted by molar-refractivity contribution is 5.96. The number of nitrogens with zero attached hydrogens (tertiary/aromatic N) is 4. The molecular weight excluding hydrogens is 418 g/mol. The van der Waals surface area contributed by atoms with Crippen molar-refractivity contribution in [2.75, 3.05) is 13.1 Å². The van der Waals surface area contributed by atoms with Gasteiger partial charge in [-0.1, -0.05) is 30.3 Å². The average Bonchev–Trinajstić information content (AvgIpc) is 2.83. The lowest BCUT2D eigenvalue weighted by Gasteiger charge is -2.30. The summed E-state index contributed by atoms with van der Waals surface area (Å²) in [6, 6.07) is 9.90. The molecule has 0 spiro atoms. The number of aromatic nitrogens is 3. The van der Waals surface area contributed by atoms with Crippen LogP contribution in [0.5, 0.6) is 0 Å². The summed E-state index contributed by atoms with van der Waals surface area (Å²) in [7, 11) is 0. The first-order valence-corrected chi connectivity index (χ1v) is 11.1. The molecule has 3 heterocycles. The van der Waals surface area contributed by atoms with E-state index in [0.717, 1.165) is 16.7 Å². The van der Waals surface area contributed by atoms with Crippen LogP contribution in [-0.2, 0) is 25.9 Å². The van der Waals surface area contributed by atoms with E-state index >= 15 is 0 Å². The van der Waals surface area contributed by atoms with Crippen molar-refractivity contribution in [3.05, 3.63) is 92.9 Å². The molecule has 3 aromatic rings. The van der Waals surface area contributed by atoms with Crippen LogP contribution >= 0.6 is 0 Å². The van der Waals surface area contributed by atoms with E-state index in [9.17, 15) is 14.4 Å². The number of benzene rings is 1. The van der Waals surface area contributed by atoms with Crippen molar-refractivity contribution in [1.29, 1.82) is 0 Å². The Hall–Kier alpha value is -3.81. The van der Waals surface area contributed by atoms with Gasteiger partial charge in [-0.15, -0.1) is 0 Å². The fraction of sp³-hybridized carbons (Fsp3) is 0.320. The minimum Gasteiger partial charge on any atom is -0.352 e. The van der Waals surface area contributed by atoms with E-state index in [1.807, 2.05) is 37.3 Å². The fourth-order valence-corrected chi connectivity index (χ4v) is 4.11. The number of hydrogen-bond donors (Lipinski definition) is 1. The molecular formula is C25H27N5O3. The third kappa shape index (κ3) is 4.84. The molecule has 8 nitrogen and oxygen atoms in total. The highest BCUT2D eigenvalue weighted by atomic mass is 16.2. The molecule has 1 aliphatic heterocycles. The highest BCUT2D eigenvalue weighted by Gasteiger charge is 2.28. The highest BCUT2D eigenvalue weighted by Crippen LogP contribution is 2.22. The minimum absolute atomic E-state index is 0.165. The molecule has 2 aromatic heterocycles. The molecule has 0 unspecified atom stereocenters. The van der Waals surface area contributed by atoms with Crippen LogP contribution in [-0.4, -0.2) is 44.3 Å². The molecule has 2 amide bonds. The van der Waals surface area contributed by atoms with Crippen LogP contribution in [0, 0.1) is 6.92 Å². The van der Waals surface area contributed by atoms with Crippen molar-refractivity contribution in [3.63, 3.8) is 0 Å².